The van der Waals surface area contributed by atoms with Crippen LogP contribution >= 0.6 is 0 Å². The highest BCUT2D eigenvalue weighted by atomic mass is 16.5. The number of aliphatic hydroxyl groups is 1. The smallest absolute Gasteiger partial charge is 0.0701 e. The average Bonchev–Trinajstić information content (AvgIpc) is 1.95. The minimum atomic E-state index is 0.121. The molecular formula is C10H22O2. The number of aliphatic hydroxyl groups excluding tert-OH is 1. The van der Waals surface area contributed by atoms with Gasteiger partial charge in [0, 0.05) is 0 Å². The van der Waals surface area contributed by atoms with Crippen LogP contribution in [0.15, 0.2) is 0 Å². The molecule has 0 aromatic rings. The molecule has 0 saturated carbocycles. The Morgan fingerprint density at radius 3 is 2.25 bits per heavy atom. The lowest BCUT2D eigenvalue weighted by atomic mass is 9.86. The van der Waals surface area contributed by atoms with Gasteiger partial charge in [0.2, 0.25) is 0 Å². The van der Waals surface area contributed by atoms with Gasteiger partial charge in [-0.05, 0) is 11.8 Å². The summed E-state index contributed by atoms with van der Waals surface area (Å²) >= 11 is 0. The third-order valence-electron chi connectivity index (χ3n) is 1.93. The molecule has 0 radical (unpaired) electrons. The van der Waals surface area contributed by atoms with Gasteiger partial charge in [0.1, 0.15) is 0 Å². The molecule has 1 unspecified atom stereocenters. The summed E-state index contributed by atoms with van der Waals surface area (Å²) in [7, 11) is 0. The van der Waals surface area contributed by atoms with Crippen LogP contribution in [-0.4, -0.2) is 24.4 Å². The van der Waals surface area contributed by atoms with Crippen molar-refractivity contribution in [3.05, 3.63) is 0 Å². The Balaban J connectivity index is 3.86. The first kappa shape index (κ1) is 11.9. The third kappa shape index (κ3) is 4.73. The Morgan fingerprint density at radius 2 is 1.92 bits per heavy atom. The molecule has 1 N–H and O–H groups in total. The quantitative estimate of drug-likeness (QED) is 0.692. The molecule has 0 aliphatic rings. The average molecular weight is 174 g/mol. The molecule has 0 amide bonds. The van der Waals surface area contributed by atoms with Crippen molar-refractivity contribution in [2.75, 3.05) is 13.2 Å². The van der Waals surface area contributed by atoms with Gasteiger partial charge >= 0.3 is 0 Å². The van der Waals surface area contributed by atoms with Gasteiger partial charge in [0.25, 0.3) is 0 Å². The lowest BCUT2D eigenvalue weighted by Crippen LogP contribution is -2.30. The molecule has 0 heterocycles. The van der Waals surface area contributed by atoms with Crippen LogP contribution in [0.2, 0.25) is 0 Å². The molecule has 0 aliphatic heterocycles. The molecule has 0 bridgehead atoms. The molecule has 2 heteroatoms. The zero-order valence-corrected chi connectivity index (χ0v) is 8.76. The van der Waals surface area contributed by atoms with E-state index >= 15 is 0 Å². The van der Waals surface area contributed by atoms with Gasteiger partial charge < -0.3 is 9.84 Å². The summed E-state index contributed by atoms with van der Waals surface area (Å²) in [6.45, 7) is 9.25. The molecule has 0 aromatic heterocycles. The van der Waals surface area contributed by atoms with Gasteiger partial charge in [-0.15, -0.1) is 0 Å². The van der Waals surface area contributed by atoms with E-state index in [1.165, 1.54) is 0 Å². The second-order valence-electron chi connectivity index (χ2n) is 4.24. The Hall–Kier alpha value is -0.0800. The first-order chi connectivity index (χ1) is 5.52. The summed E-state index contributed by atoms with van der Waals surface area (Å²) in [5.41, 5.74) is 0.186. The summed E-state index contributed by atoms with van der Waals surface area (Å²) < 4.78 is 5.55. The lowest BCUT2D eigenvalue weighted by Gasteiger charge is -2.30. The summed E-state index contributed by atoms with van der Waals surface area (Å²) in [6.07, 6.45) is 2.48. The van der Waals surface area contributed by atoms with E-state index in [1.54, 1.807) is 0 Å². The fourth-order valence-electron chi connectivity index (χ4n) is 1.22. The van der Waals surface area contributed by atoms with E-state index in [9.17, 15) is 0 Å². The van der Waals surface area contributed by atoms with E-state index in [0.717, 1.165) is 12.8 Å². The highest BCUT2D eigenvalue weighted by Gasteiger charge is 2.23. The highest BCUT2D eigenvalue weighted by Crippen LogP contribution is 2.25. The van der Waals surface area contributed by atoms with Crippen LogP contribution in [0.4, 0.5) is 0 Å². The Kier molecular flexibility index (Phi) is 5.51. The Labute approximate surface area is 75.9 Å². The topological polar surface area (TPSA) is 29.5 Å². The molecule has 0 aliphatic carbocycles. The molecule has 0 rings (SSSR count). The van der Waals surface area contributed by atoms with Crippen molar-refractivity contribution in [2.45, 2.75) is 46.6 Å². The van der Waals surface area contributed by atoms with Crippen molar-refractivity contribution < 1.29 is 9.84 Å². The predicted molar refractivity (Wildman–Crippen MR) is 51.2 cm³/mol. The van der Waals surface area contributed by atoms with Gasteiger partial charge in [0.05, 0.1) is 19.3 Å². The van der Waals surface area contributed by atoms with E-state index in [2.05, 4.69) is 27.7 Å². The van der Waals surface area contributed by atoms with E-state index in [0.29, 0.717) is 6.61 Å². The van der Waals surface area contributed by atoms with E-state index in [4.69, 9.17) is 9.84 Å². The largest absolute Gasteiger partial charge is 0.394 e. The van der Waals surface area contributed by atoms with E-state index in [-0.39, 0.29) is 18.1 Å². The number of hydrogen-bond donors (Lipinski definition) is 1. The summed E-state index contributed by atoms with van der Waals surface area (Å²) in [5.74, 6) is 0. The molecule has 0 fully saturated rings. The lowest BCUT2D eigenvalue weighted by molar-refractivity contribution is -0.0360. The summed E-state index contributed by atoms with van der Waals surface area (Å²) in [4.78, 5) is 0. The standard InChI is InChI=1S/C10H22O2/c1-5-6-9(10(2,3)4)12-8-7-11/h9,11H,5-8H2,1-4H3. The van der Waals surface area contributed by atoms with Crippen LogP contribution in [0, 0.1) is 5.41 Å². The van der Waals surface area contributed by atoms with Crippen molar-refractivity contribution >= 4 is 0 Å². The van der Waals surface area contributed by atoms with Gasteiger partial charge in [-0.2, -0.15) is 0 Å². The van der Waals surface area contributed by atoms with Crippen molar-refractivity contribution in [3.8, 4) is 0 Å². The van der Waals surface area contributed by atoms with Crippen LogP contribution in [0.1, 0.15) is 40.5 Å². The normalized spacial score (nSPS) is 14.8. The molecular weight excluding hydrogens is 152 g/mol. The van der Waals surface area contributed by atoms with Crippen molar-refractivity contribution in [3.63, 3.8) is 0 Å². The number of rotatable bonds is 5. The maximum absolute atomic E-state index is 8.62. The highest BCUT2D eigenvalue weighted by molar-refractivity contribution is 4.73. The van der Waals surface area contributed by atoms with Crippen molar-refractivity contribution in [2.24, 2.45) is 5.41 Å². The van der Waals surface area contributed by atoms with Gasteiger partial charge in [-0.1, -0.05) is 34.1 Å². The van der Waals surface area contributed by atoms with Gasteiger partial charge in [0.15, 0.2) is 0 Å². The van der Waals surface area contributed by atoms with E-state index < -0.39 is 0 Å². The minimum Gasteiger partial charge on any atom is -0.394 e. The summed E-state index contributed by atoms with van der Waals surface area (Å²) in [5, 5.41) is 8.62. The first-order valence-electron chi connectivity index (χ1n) is 4.74. The monoisotopic (exact) mass is 174 g/mol. The maximum atomic E-state index is 8.62. The molecule has 2 nitrogen and oxygen atoms in total. The predicted octanol–water partition coefficient (Wildman–Crippen LogP) is 2.21. The van der Waals surface area contributed by atoms with Crippen molar-refractivity contribution in [1.29, 1.82) is 0 Å². The third-order valence-corrected chi connectivity index (χ3v) is 1.93. The zero-order valence-electron chi connectivity index (χ0n) is 8.76. The number of ether oxygens (including phenoxy) is 1. The second-order valence-corrected chi connectivity index (χ2v) is 4.24. The van der Waals surface area contributed by atoms with Crippen LogP contribution in [0.3, 0.4) is 0 Å². The molecule has 0 spiro atoms. The SMILES string of the molecule is CCCC(OCCO)C(C)(C)C. The molecule has 1 atom stereocenters. The van der Waals surface area contributed by atoms with Gasteiger partial charge in [-0.25, -0.2) is 0 Å². The van der Waals surface area contributed by atoms with Gasteiger partial charge in [-0.3, -0.25) is 0 Å². The molecule has 0 aromatic carbocycles. The fourth-order valence-corrected chi connectivity index (χ4v) is 1.22. The zero-order chi connectivity index (χ0) is 9.61. The maximum Gasteiger partial charge on any atom is 0.0701 e. The van der Waals surface area contributed by atoms with E-state index in [1.807, 2.05) is 0 Å². The molecule has 0 saturated heterocycles. The molecule has 74 valence electrons. The van der Waals surface area contributed by atoms with Crippen LogP contribution in [0.5, 0.6) is 0 Å². The van der Waals surface area contributed by atoms with Crippen LogP contribution in [-0.2, 0) is 4.74 Å². The molecule has 12 heavy (non-hydrogen) atoms. The van der Waals surface area contributed by atoms with Crippen molar-refractivity contribution in [1.82, 2.24) is 0 Å². The first-order valence-corrected chi connectivity index (χ1v) is 4.74. The van der Waals surface area contributed by atoms with Crippen LogP contribution in [0.25, 0.3) is 0 Å². The minimum absolute atomic E-state index is 0.121. The Morgan fingerprint density at radius 1 is 1.33 bits per heavy atom. The fraction of sp³-hybridized carbons (Fsp3) is 1.00. The number of hydrogen-bond acceptors (Lipinski definition) is 2. The summed E-state index contributed by atoms with van der Waals surface area (Å²) in [6, 6.07) is 0. The van der Waals surface area contributed by atoms with Crippen LogP contribution < -0.4 is 0 Å². The second kappa shape index (κ2) is 5.55. The Bertz CT molecular complexity index is 105.